The molecule has 0 saturated carbocycles. The Morgan fingerprint density at radius 2 is 1.82 bits per heavy atom. The molecule has 6 heteroatoms. The number of anilines is 2. The van der Waals surface area contributed by atoms with Gasteiger partial charge in [0.05, 0.1) is 6.04 Å². The molecule has 4 heterocycles. The molecular weight excluding hydrogens is 350 g/mol. The number of amides is 1. The predicted molar refractivity (Wildman–Crippen MR) is 108 cm³/mol. The van der Waals surface area contributed by atoms with Gasteiger partial charge in [-0.3, -0.25) is 4.79 Å². The van der Waals surface area contributed by atoms with E-state index in [1.54, 1.807) is 12.3 Å². The fraction of sp³-hybridized carbons (Fsp3) is 0.273. The lowest BCUT2D eigenvalue weighted by Gasteiger charge is -2.25. The first-order valence-electron chi connectivity index (χ1n) is 9.51. The molecular formula is C22H23N5O. The number of likely N-dealkylation sites (tertiary alicyclic amines) is 1. The highest BCUT2D eigenvalue weighted by atomic mass is 16.2. The summed E-state index contributed by atoms with van der Waals surface area (Å²) in [5.41, 5.74) is 3.37. The van der Waals surface area contributed by atoms with E-state index in [2.05, 4.69) is 20.3 Å². The van der Waals surface area contributed by atoms with E-state index in [1.807, 2.05) is 61.2 Å². The Hall–Kier alpha value is -3.28. The standard InChI is InChI=1S/C22H23N5O/c1-15-6-3-8-18(24-15)22(28)27-13-5-9-19(27)17-11-12-23-21(14-17)26-20-10-4-7-16(2)25-20/h3-4,6-8,10-12,14,19H,5,9,13H2,1-2H3,(H,23,25,26)/t19-/m1/s1. The molecule has 0 aliphatic carbocycles. The summed E-state index contributed by atoms with van der Waals surface area (Å²) in [7, 11) is 0. The first-order chi connectivity index (χ1) is 13.6. The molecule has 1 amide bonds. The van der Waals surface area contributed by atoms with Crippen LogP contribution in [0.15, 0.2) is 54.7 Å². The molecule has 0 radical (unpaired) electrons. The van der Waals surface area contributed by atoms with Crippen molar-refractivity contribution in [1.29, 1.82) is 0 Å². The Morgan fingerprint density at radius 1 is 1.04 bits per heavy atom. The Balaban J connectivity index is 1.57. The predicted octanol–water partition coefficient (Wildman–Crippen LogP) is 4.21. The summed E-state index contributed by atoms with van der Waals surface area (Å²) in [5, 5.41) is 3.25. The van der Waals surface area contributed by atoms with Crippen molar-refractivity contribution in [1.82, 2.24) is 19.9 Å². The lowest BCUT2D eigenvalue weighted by atomic mass is 10.1. The molecule has 0 bridgehead atoms. The van der Waals surface area contributed by atoms with Crippen LogP contribution in [0.25, 0.3) is 0 Å². The highest BCUT2D eigenvalue weighted by molar-refractivity contribution is 5.92. The fourth-order valence-electron chi connectivity index (χ4n) is 3.63. The van der Waals surface area contributed by atoms with Crippen LogP contribution in [-0.2, 0) is 0 Å². The molecule has 3 aromatic heterocycles. The monoisotopic (exact) mass is 373 g/mol. The van der Waals surface area contributed by atoms with Gasteiger partial charge < -0.3 is 10.2 Å². The Labute approximate surface area is 164 Å². The van der Waals surface area contributed by atoms with Crippen molar-refractivity contribution in [3.05, 3.63) is 77.4 Å². The molecule has 1 fully saturated rings. The van der Waals surface area contributed by atoms with Gasteiger partial charge in [0.25, 0.3) is 5.91 Å². The zero-order chi connectivity index (χ0) is 19.5. The molecule has 6 nitrogen and oxygen atoms in total. The molecule has 4 rings (SSSR count). The summed E-state index contributed by atoms with van der Waals surface area (Å²) in [4.78, 5) is 28.2. The smallest absolute Gasteiger partial charge is 0.272 e. The van der Waals surface area contributed by atoms with Crippen LogP contribution in [0.2, 0.25) is 0 Å². The molecule has 1 aliphatic heterocycles. The minimum absolute atomic E-state index is 0.0159. The summed E-state index contributed by atoms with van der Waals surface area (Å²) in [5.74, 6) is 1.47. The largest absolute Gasteiger partial charge is 0.330 e. The van der Waals surface area contributed by atoms with Crippen molar-refractivity contribution in [3.63, 3.8) is 0 Å². The maximum Gasteiger partial charge on any atom is 0.272 e. The van der Waals surface area contributed by atoms with Gasteiger partial charge in [0.1, 0.15) is 17.3 Å². The zero-order valence-corrected chi connectivity index (χ0v) is 16.1. The minimum atomic E-state index is -0.0159. The quantitative estimate of drug-likeness (QED) is 0.742. The Bertz CT molecular complexity index is 1000. The molecule has 28 heavy (non-hydrogen) atoms. The second kappa shape index (κ2) is 7.76. The topological polar surface area (TPSA) is 71.0 Å². The first kappa shape index (κ1) is 18.1. The number of aromatic nitrogens is 3. The number of nitrogens with zero attached hydrogens (tertiary/aromatic N) is 4. The second-order valence-electron chi connectivity index (χ2n) is 7.08. The molecule has 1 saturated heterocycles. The fourth-order valence-corrected chi connectivity index (χ4v) is 3.63. The molecule has 0 aromatic carbocycles. The second-order valence-corrected chi connectivity index (χ2v) is 7.08. The van der Waals surface area contributed by atoms with Crippen LogP contribution in [0, 0.1) is 13.8 Å². The van der Waals surface area contributed by atoms with Crippen LogP contribution in [0.1, 0.15) is 46.3 Å². The van der Waals surface area contributed by atoms with Crippen molar-refractivity contribution in [2.75, 3.05) is 11.9 Å². The summed E-state index contributed by atoms with van der Waals surface area (Å²) in [6, 6.07) is 15.4. The molecule has 142 valence electrons. The average molecular weight is 373 g/mol. The number of aryl methyl sites for hydroxylation is 2. The maximum atomic E-state index is 13.0. The lowest BCUT2D eigenvalue weighted by Crippen LogP contribution is -2.31. The number of carbonyl (C=O) groups excluding carboxylic acids is 1. The van der Waals surface area contributed by atoms with Crippen molar-refractivity contribution in [2.45, 2.75) is 32.7 Å². The third-order valence-corrected chi connectivity index (χ3v) is 4.93. The minimum Gasteiger partial charge on any atom is -0.330 e. The van der Waals surface area contributed by atoms with Gasteiger partial charge in [0, 0.05) is 24.1 Å². The van der Waals surface area contributed by atoms with Crippen LogP contribution in [0.5, 0.6) is 0 Å². The van der Waals surface area contributed by atoms with Gasteiger partial charge in [-0.05, 0) is 68.7 Å². The molecule has 0 unspecified atom stereocenters. The normalized spacial score (nSPS) is 16.2. The lowest BCUT2D eigenvalue weighted by molar-refractivity contribution is 0.0729. The number of nitrogens with one attached hydrogen (secondary N) is 1. The van der Waals surface area contributed by atoms with E-state index < -0.39 is 0 Å². The molecule has 1 atom stereocenters. The van der Waals surface area contributed by atoms with E-state index in [9.17, 15) is 4.79 Å². The number of hydrogen-bond acceptors (Lipinski definition) is 5. The summed E-state index contributed by atoms with van der Waals surface area (Å²) < 4.78 is 0. The van der Waals surface area contributed by atoms with E-state index in [4.69, 9.17) is 0 Å². The van der Waals surface area contributed by atoms with Gasteiger partial charge in [0.2, 0.25) is 0 Å². The summed E-state index contributed by atoms with van der Waals surface area (Å²) in [6.07, 6.45) is 3.69. The highest BCUT2D eigenvalue weighted by Crippen LogP contribution is 2.33. The highest BCUT2D eigenvalue weighted by Gasteiger charge is 2.31. The summed E-state index contributed by atoms with van der Waals surface area (Å²) in [6.45, 7) is 4.60. The number of rotatable bonds is 4. The number of carbonyl (C=O) groups is 1. The van der Waals surface area contributed by atoms with E-state index in [0.29, 0.717) is 5.69 Å². The zero-order valence-electron chi connectivity index (χ0n) is 16.1. The van der Waals surface area contributed by atoms with Crippen LogP contribution in [0.4, 0.5) is 11.6 Å². The number of hydrogen-bond donors (Lipinski definition) is 1. The van der Waals surface area contributed by atoms with E-state index in [-0.39, 0.29) is 11.9 Å². The molecule has 3 aromatic rings. The third kappa shape index (κ3) is 3.86. The van der Waals surface area contributed by atoms with E-state index >= 15 is 0 Å². The van der Waals surface area contributed by atoms with Gasteiger partial charge >= 0.3 is 0 Å². The van der Waals surface area contributed by atoms with Crippen LogP contribution < -0.4 is 5.32 Å². The number of pyridine rings is 3. The Morgan fingerprint density at radius 3 is 2.61 bits per heavy atom. The van der Waals surface area contributed by atoms with Gasteiger partial charge in [-0.2, -0.15) is 0 Å². The van der Waals surface area contributed by atoms with Crippen molar-refractivity contribution in [2.24, 2.45) is 0 Å². The van der Waals surface area contributed by atoms with Crippen molar-refractivity contribution in [3.8, 4) is 0 Å². The first-order valence-corrected chi connectivity index (χ1v) is 9.51. The SMILES string of the molecule is Cc1cccc(Nc2cc([C@H]3CCCN3C(=O)c3cccc(C)n3)ccn2)n1. The van der Waals surface area contributed by atoms with Gasteiger partial charge in [-0.25, -0.2) is 15.0 Å². The molecule has 1 aliphatic rings. The van der Waals surface area contributed by atoms with Crippen molar-refractivity contribution < 1.29 is 4.79 Å². The molecule has 0 spiro atoms. The van der Waals surface area contributed by atoms with Gasteiger partial charge in [0.15, 0.2) is 0 Å². The van der Waals surface area contributed by atoms with E-state index in [0.717, 1.165) is 48.0 Å². The maximum absolute atomic E-state index is 13.0. The third-order valence-electron chi connectivity index (χ3n) is 4.93. The van der Waals surface area contributed by atoms with Crippen LogP contribution in [-0.4, -0.2) is 32.3 Å². The van der Waals surface area contributed by atoms with Crippen LogP contribution in [0.3, 0.4) is 0 Å². The van der Waals surface area contributed by atoms with Crippen LogP contribution >= 0.6 is 0 Å². The Kier molecular flexibility index (Phi) is 5.02. The van der Waals surface area contributed by atoms with Gasteiger partial charge in [-0.15, -0.1) is 0 Å². The van der Waals surface area contributed by atoms with Gasteiger partial charge in [-0.1, -0.05) is 12.1 Å². The average Bonchev–Trinajstić information content (AvgIpc) is 3.17. The van der Waals surface area contributed by atoms with Crippen molar-refractivity contribution >= 4 is 17.5 Å². The van der Waals surface area contributed by atoms with E-state index in [1.165, 1.54) is 0 Å². The summed E-state index contributed by atoms with van der Waals surface area (Å²) >= 11 is 0. The molecule has 1 N–H and O–H groups in total.